The van der Waals surface area contributed by atoms with E-state index in [9.17, 15) is 9.59 Å². The summed E-state index contributed by atoms with van der Waals surface area (Å²) in [6.45, 7) is 7.13. The number of aromatic nitrogens is 2. The monoisotopic (exact) mass is 459 g/mol. The van der Waals surface area contributed by atoms with Crippen molar-refractivity contribution in [2.75, 3.05) is 31.5 Å². The number of hydrogen-bond acceptors (Lipinski definition) is 3. The van der Waals surface area contributed by atoms with Gasteiger partial charge in [0, 0.05) is 38.1 Å². The fourth-order valence-corrected chi connectivity index (χ4v) is 5.30. The molecule has 5 rings (SSSR count). The molecule has 3 amide bonds. The summed E-state index contributed by atoms with van der Waals surface area (Å²) < 4.78 is 1.80. The maximum Gasteiger partial charge on any atom is 0.321 e. The van der Waals surface area contributed by atoms with Crippen LogP contribution in [0.3, 0.4) is 0 Å². The molecule has 3 aromatic rings. The second-order valence-corrected chi connectivity index (χ2v) is 9.66. The van der Waals surface area contributed by atoms with E-state index in [4.69, 9.17) is 0 Å². The van der Waals surface area contributed by atoms with E-state index in [0.29, 0.717) is 24.6 Å². The van der Waals surface area contributed by atoms with E-state index < -0.39 is 0 Å². The van der Waals surface area contributed by atoms with Gasteiger partial charge in [-0.25, -0.2) is 9.31 Å². The highest BCUT2D eigenvalue weighted by Gasteiger charge is 2.26. The Kier molecular flexibility index (Phi) is 6.26. The van der Waals surface area contributed by atoms with Crippen LogP contribution in [0.1, 0.15) is 65.1 Å². The third-order valence-electron chi connectivity index (χ3n) is 7.39. The lowest BCUT2D eigenvalue weighted by Gasteiger charge is -2.32. The Balaban J connectivity index is 1.26. The molecule has 0 radical (unpaired) electrons. The number of pyridine rings is 1. The molecule has 1 N–H and O–H groups in total. The SMILES string of the molecule is Cc1cccc(C)c1NC(=O)N1CCC(c2ccn3ncc(C(=O)N4CCCCC4)c3c2)CC1. The number of para-hydroxylation sites is 1. The van der Waals surface area contributed by atoms with E-state index in [1.165, 1.54) is 12.0 Å². The van der Waals surface area contributed by atoms with E-state index in [1.807, 2.05) is 48.0 Å². The van der Waals surface area contributed by atoms with Crippen molar-refractivity contribution in [1.82, 2.24) is 19.4 Å². The van der Waals surface area contributed by atoms with Gasteiger partial charge in [0.2, 0.25) is 0 Å². The molecule has 0 aliphatic carbocycles. The molecule has 0 saturated carbocycles. The summed E-state index contributed by atoms with van der Waals surface area (Å²) in [4.78, 5) is 29.9. The number of carbonyl (C=O) groups excluding carboxylic acids is 2. The van der Waals surface area contributed by atoms with E-state index in [-0.39, 0.29) is 11.9 Å². The summed E-state index contributed by atoms with van der Waals surface area (Å²) in [5.41, 5.74) is 5.85. The number of anilines is 1. The second kappa shape index (κ2) is 9.49. The lowest BCUT2D eigenvalue weighted by molar-refractivity contribution is 0.0726. The molecule has 4 heterocycles. The van der Waals surface area contributed by atoms with Gasteiger partial charge in [0.25, 0.3) is 5.91 Å². The van der Waals surface area contributed by atoms with E-state index in [0.717, 1.165) is 61.1 Å². The predicted octanol–water partition coefficient (Wildman–Crippen LogP) is 4.99. The largest absolute Gasteiger partial charge is 0.339 e. The predicted molar refractivity (Wildman–Crippen MR) is 133 cm³/mol. The normalized spacial score (nSPS) is 17.2. The number of hydrogen-bond donors (Lipinski definition) is 1. The summed E-state index contributed by atoms with van der Waals surface area (Å²) >= 11 is 0. The summed E-state index contributed by atoms with van der Waals surface area (Å²) in [5, 5.41) is 7.53. The number of aryl methyl sites for hydroxylation is 2. The number of rotatable bonds is 3. The molecule has 0 atom stereocenters. The zero-order valence-corrected chi connectivity index (χ0v) is 20.1. The zero-order chi connectivity index (χ0) is 23.7. The fourth-order valence-electron chi connectivity index (χ4n) is 5.30. The maximum absolute atomic E-state index is 13.1. The van der Waals surface area contributed by atoms with Crippen LogP contribution >= 0.6 is 0 Å². The highest BCUT2D eigenvalue weighted by molar-refractivity contribution is 6.00. The molecule has 0 unspecified atom stereocenters. The fraction of sp³-hybridized carbons (Fsp3) is 0.444. The van der Waals surface area contributed by atoms with Gasteiger partial charge in [0.1, 0.15) is 0 Å². The molecule has 2 fully saturated rings. The van der Waals surface area contributed by atoms with Crippen molar-refractivity contribution in [3.8, 4) is 0 Å². The minimum absolute atomic E-state index is 0.0310. The van der Waals surface area contributed by atoms with Gasteiger partial charge in [-0.3, -0.25) is 4.79 Å². The molecular formula is C27H33N5O2. The van der Waals surface area contributed by atoms with Gasteiger partial charge in [-0.15, -0.1) is 0 Å². The Bertz CT molecular complexity index is 1180. The lowest BCUT2D eigenvalue weighted by Crippen LogP contribution is -2.40. The van der Waals surface area contributed by atoms with Gasteiger partial charge < -0.3 is 15.1 Å². The highest BCUT2D eigenvalue weighted by atomic mass is 16.2. The summed E-state index contributed by atoms with van der Waals surface area (Å²) in [6, 6.07) is 10.2. The van der Waals surface area contributed by atoms with Crippen LogP contribution < -0.4 is 5.32 Å². The van der Waals surface area contributed by atoms with Crippen LogP contribution in [0, 0.1) is 13.8 Å². The number of likely N-dealkylation sites (tertiary alicyclic amines) is 2. The average Bonchev–Trinajstić information content (AvgIpc) is 3.30. The van der Waals surface area contributed by atoms with Crippen LogP contribution in [0.15, 0.2) is 42.7 Å². The molecule has 178 valence electrons. The van der Waals surface area contributed by atoms with E-state index in [2.05, 4.69) is 22.5 Å². The molecule has 0 bridgehead atoms. The van der Waals surface area contributed by atoms with Crippen LogP contribution in [0.4, 0.5) is 10.5 Å². The van der Waals surface area contributed by atoms with Gasteiger partial charge in [-0.2, -0.15) is 5.10 Å². The Morgan fingerprint density at radius 1 is 0.941 bits per heavy atom. The third kappa shape index (κ3) is 4.39. The standard InChI is InChI=1S/C27H33N5O2/c1-19-7-6-8-20(2)25(19)29-27(34)31-14-9-21(10-15-31)22-11-16-32-24(17-22)23(18-28-32)26(33)30-12-4-3-5-13-30/h6-8,11,16-18,21H,3-5,9-10,12-15H2,1-2H3,(H,29,34). The minimum atomic E-state index is -0.0310. The first-order valence-corrected chi connectivity index (χ1v) is 12.4. The van der Waals surface area contributed by atoms with Gasteiger partial charge in [0.05, 0.1) is 17.3 Å². The second-order valence-electron chi connectivity index (χ2n) is 9.66. The first kappa shape index (κ1) is 22.4. The minimum Gasteiger partial charge on any atom is -0.339 e. The molecule has 1 aromatic carbocycles. The maximum atomic E-state index is 13.1. The Labute approximate surface area is 200 Å². The molecule has 2 aliphatic heterocycles. The Hall–Kier alpha value is -3.35. The van der Waals surface area contributed by atoms with Crippen molar-refractivity contribution >= 4 is 23.1 Å². The molecule has 34 heavy (non-hydrogen) atoms. The molecule has 7 nitrogen and oxygen atoms in total. The van der Waals surface area contributed by atoms with Crippen molar-refractivity contribution < 1.29 is 9.59 Å². The molecule has 7 heteroatoms. The first-order chi connectivity index (χ1) is 16.5. The van der Waals surface area contributed by atoms with E-state index >= 15 is 0 Å². The third-order valence-corrected chi connectivity index (χ3v) is 7.39. The highest BCUT2D eigenvalue weighted by Crippen LogP contribution is 2.30. The van der Waals surface area contributed by atoms with Crippen molar-refractivity contribution in [3.63, 3.8) is 0 Å². The van der Waals surface area contributed by atoms with Crippen molar-refractivity contribution in [2.45, 2.75) is 51.9 Å². The first-order valence-electron chi connectivity index (χ1n) is 12.4. The van der Waals surface area contributed by atoms with Gasteiger partial charge in [-0.1, -0.05) is 18.2 Å². The van der Waals surface area contributed by atoms with Crippen molar-refractivity contribution in [1.29, 1.82) is 0 Å². The Morgan fingerprint density at radius 2 is 1.65 bits per heavy atom. The summed E-state index contributed by atoms with van der Waals surface area (Å²) in [5.74, 6) is 0.451. The van der Waals surface area contributed by atoms with Crippen LogP contribution in [0.25, 0.3) is 5.52 Å². The van der Waals surface area contributed by atoms with Crippen molar-refractivity contribution in [3.05, 3.63) is 65.0 Å². The number of nitrogens with zero attached hydrogens (tertiary/aromatic N) is 4. The Morgan fingerprint density at radius 3 is 2.35 bits per heavy atom. The van der Waals surface area contributed by atoms with Crippen LogP contribution in [-0.2, 0) is 0 Å². The van der Waals surface area contributed by atoms with E-state index in [1.54, 1.807) is 10.7 Å². The summed E-state index contributed by atoms with van der Waals surface area (Å²) in [7, 11) is 0. The van der Waals surface area contributed by atoms with Gasteiger partial charge >= 0.3 is 6.03 Å². The number of fused-ring (bicyclic) bond motifs is 1. The van der Waals surface area contributed by atoms with Gasteiger partial charge in [0.15, 0.2) is 0 Å². The lowest BCUT2D eigenvalue weighted by atomic mass is 9.89. The van der Waals surface area contributed by atoms with Crippen molar-refractivity contribution in [2.24, 2.45) is 0 Å². The number of amides is 3. The van der Waals surface area contributed by atoms with Crippen LogP contribution in [0.2, 0.25) is 0 Å². The average molecular weight is 460 g/mol. The number of urea groups is 1. The number of benzene rings is 1. The number of piperidine rings is 2. The molecule has 2 aliphatic rings. The number of nitrogens with one attached hydrogen (secondary N) is 1. The van der Waals surface area contributed by atoms with Crippen LogP contribution in [0.5, 0.6) is 0 Å². The molecule has 2 saturated heterocycles. The molecule has 0 spiro atoms. The quantitative estimate of drug-likeness (QED) is 0.600. The van der Waals surface area contributed by atoms with Gasteiger partial charge in [-0.05, 0) is 80.7 Å². The number of carbonyl (C=O) groups is 2. The smallest absolute Gasteiger partial charge is 0.321 e. The summed E-state index contributed by atoms with van der Waals surface area (Å²) in [6.07, 6.45) is 8.81. The zero-order valence-electron chi connectivity index (χ0n) is 20.1. The molecular weight excluding hydrogens is 426 g/mol. The topological polar surface area (TPSA) is 70.0 Å². The molecule has 2 aromatic heterocycles. The van der Waals surface area contributed by atoms with Crippen LogP contribution in [-0.4, -0.2) is 57.5 Å².